The quantitative estimate of drug-likeness (QED) is 0.850. The van der Waals surface area contributed by atoms with Crippen molar-refractivity contribution in [2.75, 3.05) is 6.26 Å². The molecule has 2 aliphatic rings. The monoisotopic (exact) mass is 289 g/mol. The third-order valence-electron chi connectivity index (χ3n) is 4.75. The number of rotatable bonds is 3. The summed E-state index contributed by atoms with van der Waals surface area (Å²) < 4.78 is 0. The molecule has 1 aromatic rings. The lowest BCUT2D eigenvalue weighted by molar-refractivity contribution is -0.134. The van der Waals surface area contributed by atoms with E-state index in [0.717, 1.165) is 10.8 Å². The van der Waals surface area contributed by atoms with E-state index >= 15 is 0 Å². The Kier molecular flexibility index (Phi) is 4.06. The van der Waals surface area contributed by atoms with Gasteiger partial charge in [-0.1, -0.05) is 29.8 Å². The van der Waals surface area contributed by atoms with Crippen molar-refractivity contribution < 1.29 is 4.79 Å². The second-order valence-corrected chi connectivity index (χ2v) is 7.32. The molecular formula is C17H23NOS. The average molecular weight is 289 g/mol. The molecular weight excluding hydrogens is 266 g/mol. The highest BCUT2D eigenvalue weighted by atomic mass is 32.2. The lowest BCUT2D eigenvalue weighted by Gasteiger charge is -2.38. The first kappa shape index (κ1) is 14.0. The van der Waals surface area contributed by atoms with Gasteiger partial charge >= 0.3 is 0 Å². The molecule has 0 aromatic heterocycles. The highest BCUT2D eigenvalue weighted by molar-refractivity contribution is 7.99. The fourth-order valence-corrected chi connectivity index (χ4v) is 4.64. The minimum absolute atomic E-state index is 0.336. The molecule has 0 aliphatic carbocycles. The van der Waals surface area contributed by atoms with Crippen LogP contribution in [0.4, 0.5) is 0 Å². The largest absolute Gasteiger partial charge is 0.336 e. The maximum absolute atomic E-state index is 12.7. The van der Waals surface area contributed by atoms with E-state index in [-0.39, 0.29) is 0 Å². The van der Waals surface area contributed by atoms with Gasteiger partial charge in [-0.15, -0.1) is 0 Å². The van der Waals surface area contributed by atoms with Gasteiger partial charge in [-0.2, -0.15) is 11.8 Å². The van der Waals surface area contributed by atoms with Crippen LogP contribution in [0.15, 0.2) is 24.3 Å². The maximum Gasteiger partial charge on any atom is 0.227 e. The van der Waals surface area contributed by atoms with E-state index in [1.165, 1.54) is 31.2 Å². The molecule has 0 saturated carbocycles. The zero-order valence-electron chi connectivity index (χ0n) is 12.3. The van der Waals surface area contributed by atoms with Crippen LogP contribution in [0.25, 0.3) is 0 Å². The summed E-state index contributed by atoms with van der Waals surface area (Å²) in [5.41, 5.74) is 2.39. The number of amides is 1. The summed E-state index contributed by atoms with van der Waals surface area (Å²) >= 11 is 1.97. The Morgan fingerprint density at radius 1 is 1.30 bits per heavy atom. The van der Waals surface area contributed by atoms with Crippen LogP contribution in [0.2, 0.25) is 0 Å². The molecule has 2 bridgehead atoms. The minimum atomic E-state index is 0.336. The van der Waals surface area contributed by atoms with Crippen LogP contribution in [-0.2, 0) is 11.2 Å². The second-order valence-electron chi connectivity index (χ2n) is 6.18. The van der Waals surface area contributed by atoms with Crippen LogP contribution in [0, 0.1) is 6.92 Å². The maximum atomic E-state index is 12.7. The number of aryl methyl sites for hydroxylation is 1. The van der Waals surface area contributed by atoms with Gasteiger partial charge in [-0.25, -0.2) is 0 Å². The Morgan fingerprint density at radius 2 is 2.00 bits per heavy atom. The van der Waals surface area contributed by atoms with E-state index in [0.29, 0.717) is 24.4 Å². The molecule has 2 nitrogen and oxygen atoms in total. The van der Waals surface area contributed by atoms with Crippen LogP contribution in [0.1, 0.15) is 36.8 Å². The second kappa shape index (κ2) is 5.80. The van der Waals surface area contributed by atoms with Crippen LogP contribution in [-0.4, -0.2) is 34.4 Å². The number of carbonyl (C=O) groups is 1. The van der Waals surface area contributed by atoms with Gasteiger partial charge in [0.25, 0.3) is 0 Å². The Hall–Kier alpha value is -0.960. The van der Waals surface area contributed by atoms with Gasteiger partial charge < -0.3 is 4.90 Å². The summed E-state index contributed by atoms with van der Waals surface area (Å²) in [5.74, 6) is 0.336. The van der Waals surface area contributed by atoms with Crippen molar-refractivity contribution in [2.45, 2.75) is 56.4 Å². The third kappa shape index (κ3) is 2.73. The molecule has 0 N–H and O–H groups in total. The van der Waals surface area contributed by atoms with E-state index in [9.17, 15) is 4.79 Å². The molecule has 108 valence electrons. The van der Waals surface area contributed by atoms with Crippen LogP contribution < -0.4 is 0 Å². The molecule has 3 heteroatoms. The van der Waals surface area contributed by atoms with Crippen molar-refractivity contribution in [1.82, 2.24) is 4.90 Å². The van der Waals surface area contributed by atoms with Crippen LogP contribution in [0.3, 0.4) is 0 Å². The fraction of sp³-hybridized carbons (Fsp3) is 0.588. The lowest BCUT2D eigenvalue weighted by atomic mass is 10.0. The topological polar surface area (TPSA) is 20.3 Å². The Bertz CT molecular complexity index is 488. The predicted molar refractivity (Wildman–Crippen MR) is 85.1 cm³/mol. The average Bonchev–Trinajstić information content (AvgIpc) is 2.69. The first-order valence-corrected chi connectivity index (χ1v) is 8.85. The van der Waals surface area contributed by atoms with Crippen molar-refractivity contribution in [2.24, 2.45) is 0 Å². The number of fused-ring (bicyclic) bond motifs is 2. The summed E-state index contributed by atoms with van der Waals surface area (Å²) in [5, 5.41) is 0.760. The molecule has 0 spiro atoms. The van der Waals surface area contributed by atoms with Crippen LogP contribution >= 0.6 is 11.8 Å². The fourth-order valence-electron chi connectivity index (χ4n) is 3.81. The molecule has 0 radical (unpaired) electrons. The smallest absolute Gasteiger partial charge is 0.227 e. The molecule has 2 heterocycles. The standard InChI is InChI=1S/C17H23NOS/c1-12-4-3-5-13(8-12)9-17(19)18-14-6-7-15(18)11-16(10-14)20-2/h3-5,8,14-16H,6-7,9-11H2,1-2H3/t14-,15+,16?. The van der Waals surface area contributed by atoms with E-state index in [1.807, 2.05) is 17.8 Å². The molecule has 20 heavy (non-hydrogen) atoms. The van der Waals surface area contributed by atoms with Gasteiger partial charge in [0.15, 0.2) is 0 Å². The van der Waals surface area contributed by atoms with Gasteiger partial charge in [0, 0.05) is 17.3 Å². The number of hydrogen-bond donors (Lipinski definition) is 0. The normalized spacial score (nSPS) is 28.7. The SMILES string of the molecule is CSC1C[C@H]2CC[C@@H](C1)N2C(=O)Cc1cccc(C)c1. The molecule has 2 fully saturated rings. The number of hydrogen-bond acceptors (Lipinski definition) is 2. The zero-order chi connectivity index (χ0) is 14.1. The highest BCUT2D eigenvalue weighted by Gasteiger charge is 2.42. The lowest BCUT2D eigenvalue weighted by Crippen LogP contribution is -2.47. The summed E-state index contributed by atoms with van der Waals surface area (Å²) in [7, 11) is 0. The zero-order valence-corrected chi connectivity index (χ0v) is 13.2. The Labute approximate surface area is 125 Å². The van der Waals surface area contributed by atoms with Gasteiger partial charge in [-0.05, 0) is 44.4 Å². The van der Waals surface area contributed by atoms with E-state index in [2.05, 4.69) is 36.3 Å². The van der Waals surface area contributed by atoms with Gasteiger partial charge in [-0.3, -0.25) is 4.79 Å². The number of benzene rings is 1. The molecule has 1 amide bonds. The van der Waals surface area contributed by atoms with Crippen molar-refractivity contribution in [1.29, 1.82) is 0 Å². The molecule has 3 atom stereocenters. The number of nitrogens with zero attached hydrogens (tertiary/aromatic N) is 1. The first-order chi connectivity index (χ1) is 9.67. The molecule has 3 rings (SSSR count). The Balaban J connectivity index is 1.69. The van der Waals surface area contributed by atoms with E-state index < -0.39 is 0 Å². The van der Waals surface area contributed by atoms with Gasteiger partial charge in [0.05, 0.1) is 6.42 Å². The Morgan fingerprint density at radius 3 is 2.60 bits per heavy atom. The summed E-state index contributed by atoms with van der Waals surface area (Å²) in [6.07, 6.45) is 7.57. The van der Waals surface area contributed by atoms with E-state index in [4.69, 9.17) is 0 Å². The third-order valence-corrected chi connectivity index (χ3v) is 5.80. The van der Waals surface area contributed by atoms with E-state index in [1.54, 1.807) is 0 Å². The van der Waals surface area contributed by atoms with Gasteiger partial charge in [0.2, 0.25) is 5.91 Å². The highest BCUT2D eigenvalue weighted by Crippen LogP contribution is 2.39. The number of carbonyl (C=O) groups excluding carboxylic acids is 1. The molecule has 1 unspecified atom stereocenters. The first-order valence-electron chi connectivity index (χ1n) is 7.57. The predicted octanol–water partition coefficient (Wildman–Crippen LogP) is 3.42. The molecule has 2 aliphatic heterocycles. The minimum Gasteiger partial charge on any atom is -0.336 e. The molecule has 1 aromatic carbocycles. The molecule has 2 saturated heterocycles. The number of piperidine rings is 1. The van der Waals surface area contributed by atoms with Crippen molar-refractivity contribution in [3.63, 3.8) is 0 Å². The summed E-state index contributed by atoms with van der Waals surface area (Å²) in [6.45, 7) is 2.08. The van der Waals surface area contributed by atoms with Gasteiger partial charge in [0.1, 0.15) is 0 Å². The summed E-state index contributed by atoms with van der Waals surface area (Å²) in [4.78, 5) is 14.9. The van der Waals surface area contributed by atoms with Crippen molar-refractivity contribution in [3.8, 4) is 0 Å². The van der Waals surface area contributed by atoms with Crippen molar-refractivity contribution in [3.05, 3.63) is 35.4 Å². The van der Waals surface area contributed by atoms with Crippen molar-refractivity contribution >= 4 is 17.7 Å². The number of thioether (sulfide) groups is 1. The summed E-state index contributed by atoms with van der Waals surface area (Å²) in [6, 6.07) is 9.34. The van der Waals surface area contributed by atoms with Crippen LogP contribution in [0.5, 0.6) is 0 Å².